The largest absolute Gasteiger partial charge is 0.508 e. The van der Waals surface area contributed by atoms with Gasteiger partial charge in [0.25, 0.3) is 0 Å². The summed E-state index contributed by atoms with van der Waals surface area (Å²) in [4.78, 5) is 11.0. The lowest BCUT2D eigenvalue weighted by Gasteiger charge is -2.14. The first kappa shape index (κ1) is 12.1. The van der Waals surface area contributed by atoms with Gasteiger partial charge in [-0.25, -0.2) is 4.79 Å². The lowest BCUT2D eigenvalue weighted by Crippen LogP contribution is -2.06. The van der Waals surface area contributed by atoms with Crippen molar-refractivity contribution in [3.05, 3.63) is 36.4 Å². The minimum Gasteiger partial charge on any atom is -0.508 e. The van der Waals surface area contributed by atoms with Crippen LogP contribution in [-0.4, -0.2) is 18.2 Å². The molecule has 0 aliphatic carbocycles. The number of rotatable bonds is 4. The van der Waals surface area contributed by atoms with Gasteiger partial charge in [-0.1, -0.05) is 6.58 Å². The first-order chi connectivity index (χ1) is 7.58. The summed E-state index contributed by atoms with van der Waals surface area (Å²) in [6.07, 6.45) is 0.522. The molecule has 0 heterocycles. The molecule has 0 amide bonds. The van der Waals surface area contributed by atoms with Crippen LogP contribution in [-0.2, 0) is 9.53 Å². The van der Waals surface area contributed by atoms with Gasteiger partial charge < -0.3 is 14.6 Å². The number of methoxy groups -OCH3 is 1. The number of carbonyl (C=O) groups is 1. The van der Waals surface area contributed by atoms with Gasteiger partial charge in [0.15, 0.2) is 0 Å². The third-order valence-corrected chi connectivity index (χ3v) is 2.13. The molecule has 1 aromatic rings. The summed E-state index contributed by atoms with van der Waals surface area (Å²) < 4.78 is 10.0. The van der Waals surface area contributed by atoms with Gasteiger partial charge in [0.2, 0.25) is 0 Å². The Balaban J connectivity index is 2.92. The topological polar surface area (TPSA) is 55.8 Å². The fourth-order valence-corrected chi connectivity index (χ4v) is 1.27. The van der Waals surface area contributed by atoms with E-state index in [1.54, 1.807) is 19.1 Å². The Hall–Kier alpha value is -1.97. The summed E-state index contributed by atoms with van der Waals surface area (Å²) in [7, 11) is 1.52. The fourth-order valence-electron chi connectivity index (χ4n) is 1.27. The van der Waals surface area contributed by atoms with Crippen LogP contribution in [0.5, 0.6) is 11.5 Å². The van der Waals surface area contributed by atoms with Crippen molar-refractivity contribution < 1.29 is 19.4 Å². The molecule has 1 N–H and O–H groups in total. The number of ether oxygens (including phenoxy) is 2. The van der Waals surface area contributed by atoms with E-state index in [0.29, 0.717) is 11.3 Å². The van der Waals surface area contributed by atoms with Crippen LogP contribution in [0.4, 0.5) is 0 Å². The average Bonchev–Trinajstić information content (AvgIpc) is 2.29. The molecule has 1 aromatic carbocycles. The van der Waals surface area contributed by atoms with E-state index in [4.69, 9.17) is 9.47 Å². The first-order valence-corrected chi connectivity index (χ1v) is 4.78. The van der Waals surface area contributed by atoms with Gasteiger partial charge in [-0.3, -0.25) is 0 Å². The third kappa shape index (κ3) is 2.76. The predicted octanol–water partition coefficient (Wildman–Crippen LogP) is 2.19. The number of esters is 1. The van der Waals surface area contributed by atoms with Crippen LogP contribution in [0.25, 0.3) is 0 Å². The van der Waals surface area contributed by atoms with Crippen molar-refractivity contribution in [3.63, 3.8) is 0 Å². The molecule has 0 spiro atoms. The van der Waals surface area contributed by atoms with E-state index in [1.807, 2.05) is 0 Å². The van der Waals surface area contributed by atoms with Crippen LogP contribution in [0.2, 0.25) is 0 Å². The molecule has 1 unspecified atom stereocenters. The molecular weight excluding hydrogens is 208 g/mol. The molecule has 0 saturated heterocycles. The SMILES string of the molecule is C=CC(=O)OC(C)c1cc(OC)ccc1O. The monoisotopic (exact) mass is 222 g/mol. The van der Waals surface area contributed by atoms with E-state index in [2.05, 4.69) is 6.58 Å². The van der Waals surface area contributed by atoms with Gasteiger partial charge in [-0.15, -0.1) is 0 Å². The van der Waals surface area contributed by atoms with Gasteiger partial charge in [0.05, 0.1) is 7.11 Å². The van der Waals surface area contributed by atoms with Crippen LogP contribution < -0.4 is 4.74 Å². The summed E-state index contributed by atoms with van der Waals surface area (Å²) in [5, 5.41) is 9.61. The first-order valence-electron chi connectivity index (χ1n) is 4.78. The van der Waals surface area contributed by atoms with Crippen LogP contribution in [0.3, 0.4) is 0 Å². The summed E-state index contributed by atoms with van der Waals surface area (Å²) in [5.41, 5.74) is 0.495. The predicted molar refractivity (Wildman–Crippen MR) is 59.4 cm³/mol. The lowest BCUT2D eigenvalue weighted by atomic mass is 10.1. The van der Waals surface area contributed by atoms with Crippen molar-refractivity contribution in [1.29, 1.82) is 0 Å². The highest BCUT2D eigenvalue weighted by Crippen LogP contribution is 2.30. The Morgan fingerprint density at radius 2 is 2.25 bits per heavy atom. The molecule has 16 heavy (non-hydrogen) atoms. The minimum absolute atomic E-state index is 0.0603. The number of hydrogen-bond acceptors (Lipinski definition) is 4. The van der Waals surface area contributed by atoms with Gasteiger partial charge in [-0.2, -0.15) is 0 Å². The third-order valence-electron chi connectivity index (χ3n) is 2.13. The lowest BCUT2D eigenvalue weighted by molar-refractivity contribution is -0.142. The normalized spacial score (nSPS) is 11.6. The van der Waals surface area contributed by atoms with Crippen LogP contribution in [0.1, 0.15) is 18.6 Å². The second-order valence-electron chi connectivity index (χ2n) is 3.21. The highest BCUT2D eigenvalue weighted by molar-refractivity contribution is 5.81. The summed E-state index contributed by atoms with van der Waals surface area (Å²) in [6.45, 7) is 4.96. The number of phenols is 1. The van der Waals surface area contributed by atoms with E-state index in [1.165, 1.54) is 13.2 Å². The zero-order valence-corrected chi connectivity index (χ0v) is 9.27. The molecule has 4 nitrogen and oxygen atoms in total. The maximum Gasteiger partial charge on any atom is 0.330 e. The number of hydrogen-bond donors (Lipinski definition) is 1. The molecular formula is C12H14O4. The maximum absolute atomic E-state index is 11.0. The van der Waals surface area contributed by atoms with Crippen LogP contribution in [0, 0.1) is 0 Å². The van der Waals surface area contributed by atoms with Crippen LogP contribution >= 0.6 is 0 Å². The van der Waals surface area contributed by atoms with E-state index in [-0.39, 0.29) is 5.75 Å². The molecule has 86 valence electrons. The summed E-state index contributed by atoms with van der Waals surface area (Å²) in [5.74, 6) is 0.120. The van der Waals surface area contributed by atoms with E-state index in [9.17, 15) is 9.90 Å². The molecule has 1 rings (SSSR count). The smallest absolute Gasteiger partial charge is 0.330 e. The number of benzene rings is 1. The zero-order valence-electron chi connectivity index (χ0n) is 9.27. The molecule has 0 aliphatic rings. The second kappa shape index (κ2) is 5.21. The van der Waals surface area contributed by atoms with Crippen LogP contribution in [0.15, 0.2) is 30.9 Å². The second-order valence-corrected chi connectivity index (χ2v) is 3.21. The van der Waals surface area contributed by atoms with Crippen molar-refractivity contribution in [1.82, 2.24) is 0 Å². The standard InChI is InChI=1S/C12H14O4/c1-4-12(14)16-8(2)10-7-9(15-3)5-6-11(10)13/h4-8,13H,1H2,2-3H3. The van der Waals surface area contributed by atoms with Crippen molar-refractivity contribution in [2.75, 3.05) is 7.11 Å². The van der Waals surface area contributed by atoms with Gasteiger partial charge >= 0.3 is 5.97 Å². The Morgan fingerprint density at radius 3 is 2.81 bits per heavy atom. The van der Waals surface area contributed by atoms with Crippen molar-refractivity contribution in [2.24, 2.45) is 0 Å². The number of phenolic OH excluding ortho intramolecular Hbond substituents is 1. The highest BCUT2D eigenvalue weighted by atomic mass is 16.5. The summed E-state index contributed by atoms with van der Waals surface area (Å²) >= 11 is 0. The molecule has 0 saturated carbocycles. The molecule has 0 aliphatic heterocycles. The molecule has 4 heteroatoms. The average molecular weight is 222 g/mol. The van der Waals surface area contributed by atoms with Gasteiger partial charge in [0.1, 0.15) is 17.6 Å². The fraction of sp³-hybridized carbons (Fsp3) is 0.250. The van der Waals surface area contributed by atoms with Gasteiger partial charge in [-0.05, 0) is 25.1 Å². The number of aromatic hydroxyl groups is 1. The molecule has 0 radical (unpaired) electrons. The Morgan fingerprint density at radius 1 is 1.56 bits per heavy atom. The van der Waals surface area contributed by atoms with Crippen molar-refractivity contribution in [2.45, 2.75) is 13.0 Å². The molecule has 0 aromatic heterocycles. The molecule has 0 bridgehead atoms. The Labute approximate surface area is 94.1 Å². The van der Waals surface area contributed by atoms with Gasteiger partial charge in [0, 0.05) is 11.6 Å². The molecule has 1 atom stereocenters. The summed E-state index contributed by atoms with van der Waals surface area (Å²) in [6, 6.07) is 4.74. The zero-order chi connectivity index (χ0) is 12.1. The van der Waals surface area contributed by atoms with Crippen molar-refractivity contribution in [3.8, 4) is 11.5 Å². The Bertz CT molecular complexity index is 398. The van der Waals surface area contributed by atoms with Crippen molar-refractivity contribution >= 4 is 5.97 Å². The quantitative estimate of drug-likeness (QED) is 0.626. The minimum atomic E-state index is -0.555. The Kier molecular flexibility index (Phi) is 3.94. The highest BCUT2D eigenvalue weighted by Gasteiger charge is 2.14. The van der Waals surface area contributed by atoms with E-state index < -0.39 is 12.1 Å². The van der Waals surface area contributed by atoms with E-state index in [0.717, 1.165) is 6.08 Å². The number of carbonyl (C=O) groups excluding carboxylic acids is 1. The maximum atomic E-state index is 11.0. The molecule has 0 fully saturated rings. The van der Waals surface area contributed by atoms with E-state index >= 15 is 0 Å².